The summed E-state index contributed by atoms with van der Waals surface area (Å²) in [6.45, 7) is 3.44. The van der Waals surface area contributed by atoms with Gasteiger partial charge in [-0.3, -0.25) is 9.56 Å². The Morgan fingerprint density at radius 1 is 1.10 bits per heavy atom. The van der Waals surface area contributed by atoms with Gasteiger partial charge in [-0.15, -0.1) is 24.0 Å². The van der Waals surface area contributed by atoms with Crippen LogP contribution in [0.5, 0.6) is 11.5 Å². The number of hydrogen-bond donors (Lipinski definition) is 2. The van der Waals surface area contributed by atoms with Gasteiger partial charge < -0.3 is 20.1 Å². The van der Waals surface area contributed by atoms with Crippen molar-refractivity contribution < 1.29 is 9.47 Å². The minimum atomic E-state index is 0. The van der Waals surface area contributed by atoms with E-state index in [1.165, 1.54) is 0 Å². The Kier molecular flexibility index (Phi) is 6.91. The lowest BCUT2D eigenvalue weighted by Gasteiger charge is -2.14. The minimum absolute atomic E-state index is 0. The summed E-state index contributed by atoms with van der Waals surface area (Å²) < 4.78 is 12.7. The molecule has 29 heavy (non-hydrogen) atoms. The molecule has 0 bridgehead atoms. The molecule has 152 valence electrons. The van der Waals surface area contributed by atoms with Gasteiger partial charge in [0.05, 0.1) is 0 Å². The molecule has 0 saturated carbocycles. The summed E-state index contributed by atoms with van der Waals surface area (Å²) in [5.74, 6) is 4.01. The molecule has 0 aliphatic carbocycles. The van der Waals surface area contributed by atoms with Crippen molar-refractivity contribution in [2.45, 2.75) is 20.0 Å². The first kappa shape index (κ1) is 20.9. The molecule has 0 radical (unpaired) electrons. The first-order valence-corrected chi connectivity index (χ1v) is 9.02. The van der Waals surface area contributed by atoms with E-state index in [1.807, 2.05) is 48.0 Å². The second kappa shape index (κ2) is 9.59. The molecule has 1 aromatic carbocycles. The van der Waals surface area contributed by atoms with Gasteiger partial charge in [0.2, 0.25) is 6.79 Å². The van der Waals surface area contributed by atoms with Gasteiger partial charge in [0.15, 0.2) is 17.5 Å². The van der Waals surface area contributed by atoms with Crippen LogP contribution in [0.15, 0.2) is 53.9 Å². The van der Waals surface area contributed by atoms with Crippen molar-refractivity contribution in [3.8, 4) is 17.3 Å². The fourth-order valence-corrected chi connectivity index (χ4v) is 3.02. The Bertz CT molecular complexity index is 1000. The first-order valence-electron chi connectivity index (χ1n) is 9.02. The molecule has 3 aromatic rings. The van der Waals surface area contributed by atoms with E-state index in [2.05, 4.69) is 25.6 Å². The number of nitrogens with zero attached hydrogens (tertiary/aromatic N) is 4. The number of hydrogen-bond acceptors (Lipinski definition) is 5. The maximum atomic E-state index is 5.43. The van der Waals surface area contributed by atoms with E-state index in [4.69, 9.17) is 9.47 Å². The van der Waals surface area contributed by atoms with Crippen LogP contribution in [0.2, 0.25) is 0 Å². The van der Waals surface area contributed by atoms with Gasteiger partial charge >= 0.3 is 0 Å². The second-order valence-corrected chi connectivity index (χ2v) is 6.30. The number of fused-ring (bicyclic) bond motifs is 1. The van der Waals surface area contributed by atoms with E-state index >= 15 is 0 Å². The molecule has 8 nitrogen and oxygen atoms in total. The van der Waals surface area contributed by atoms with Crippen LogP contribution in [0, 0.1) is 6.92 Å². The van der Waals surface area contributed by atoms with Crippen molar-refractivity contribution in [3.63, 3.8) is 0 Å². The van der Waals surface area contributed by atoms with Crippen LogP contribution in [0.3, 0.4) is 0 Å². The average molecular weight is 506 g/mol. The smallest absolute Gasteiger partial charge is 0.231 e. The highest BCUT2D eigenvalue weighted by atomic mass is 127. The molecule has 1 aliphatic heterocycles. The number of imidazole rings is 1. The van der Waals surface area contributed by atoms with E-state index in [9.17, 15) is 0 Å². The molecule has 0 fully saturated rings. The molecule has 2 N–H and O–H groups in total. The summed E-state index contributed by atoms with van der Waals surface area (Å²) in [6, 6.07) is 9.87. The highest BCUT2D eigenvalue weighted by molar-refractivity contribution is 14.0. The minimum Gasteiger partial charge on any atom is -0.454 e. The third-order valence-electron chi connectivity index (χ3n) is 4.49. The molecule has 1 aliphatic rings. The summed E-state index contributed by atoms with van der Waals surface area (Å²) in [4.78, 5) is 13.1. The van der Waals surface area contributed by atoms with Crippen LogP contribution in [-0.2, 0) is 13.1 Å². The maximum Gasteiger partial charge on any atom is 0.231 e. The van der Waals surface area contributed by atoms with Crippen LogP contribution < -0.4 is 20.1 Å². The normalized spacial score (nSPS) is 12.4. The van der Waals surface area contributed by atoms with Gasteiger partial charge in [-0.25, -0.2) is 9.97 Å². The van der Waals surface area contributed by atoms with Gasteiger partial charge in [0, 0.05) is 44.3 Å². The average Bonchev–Trinajstić information content (AvgIpc) is 3.36. The Labute approximate surface area is 186 Å². The third-order valence-corrected chi connectivity index (χ3v) is 4.49. The van der Waals surface area contributed by atoms with E-state index in [-0.39, 0.29) is 30.8 Å². The zero-order chi connectivity index (χ0) is 19.3. The number of aromatic nitrogens is 3. The quantitative estimate of drug-likeness (QED) is 0.315. The predicted octanol–water partition coefficient (Wildman–Crippen LogP) is 2.79. The number of benzene rings is 1. The number of halogens is 1. The van der Waals surface area contributed by atoms with E-state index < -0.39 is 0 Å². The maximum absolute atomic E-state index is 5.43. The largest absolute Gasteiger partial charge is 0.454 e. The number of guanidine groups is 1. The molecule has 4 rings (SSSR count). The first-order chi connectivity index (χ1) is 13.7. The number of rotatable bonds is 5. The Morgan fingerprint density at radius 2 is 1.93 bits per heavy atom. The monoisotopic (exact) mass is 506 g/mol. The van der Waals surface area contributed by atoms with Crippen LogP contribution in [0.1, 0.15) is 17.0 Å². The SMILES string of the molecule is CN=C(NCc1ccc2c(c1)OCO2)NCc1cccnc1-n1ccnc1C.I. The van der Waals surface area contributed by atoms with Crippen molar-refractivity contribution in [2.75, 3.05) is 13.8 Å². The number of pyridine rings is 1. The third kappa shape index (κ3) is 4.78. The highest BCUT2D eigenvalue weighted by Gasteiger charge is 2.13. The molecule has 0 amide bonds. The van der Waals surface area contributed by atoms with E-state index in [0.717, 1.165) is 34.3 Å². The second-order valence-electron chi connectivity index (χ2n) is 6.30. The van der Waals surface area contributed by atoms with Crippen molar-refractivity contribution >= 4 is 29.9 Å². The lowest BCUT2D eigenvalue weighted by molar-refractivity contribution is 0.174. The fraction of sp³-hybridized carbons (Fsp3) is 0.250. The molecular weight excluding hydrogens is 483 g/mol. The number of ether oxygens (including phenoxy) is 2. The fourth-order valence-electron chi connectivity index (χ4n) is 3.02. The molecule has 9 heteroatoms. The molecule has 0 saturated heterocycles. The number of aryl methyl sites for hydroxylation is 1. The number of nitrogens with one attached hydrogen (secondary N) is 2. The van der Waals surface area contributed by atoms with Gasteiger partial charge in [0.1, 0.15) is 11.6 Å². The van der Waals surface area contributed by atoms with Gasteiger partial charge in [-0.1, -0.05) is 12.1 Å². The summed E-state index contributed by atoms with van der Waals surface area (Å²) in [5.41, 5.74) is 2.14. The van der Waals surface area contributed by atoms with Crippen molar-refractivity contribution in [2.24, 2.45) is 4.99 Å². The highest BCUT2D eigenvalue weighted by Crippen LogP contribution is 2.32. The topological polar surface area (TPSA) is 85.6 Å². The summed E-state index contributed by atoms with van der Waals surface area (Å²) in [7, 11) is 1.75. The molecular formula is C20H23IN6O2. The van der Waals surface area contributed by atoms with E-state index in [1.54, 1.807) is 19.4 Å². The summed E-state index contributed by atoms with van der Waals surface area (Å²) in [5, 5.41) is 6.66. The van der Waals surface area contributed by atoms with Crippen LogP contribution in [0.25, 0.3) is 5.82 Å². The van der Waals surface area contributed by atoms with Gasteiger partial charge in [-0.2, -0.15) is 0 Å². The lowest BCUT2D eigenvalue weighted by Crippen LogP contribution is -2.36. The van der Waals surface area contributed by atoms with Crippen LogP contribution in [0.4, 0.5) is 0 Å². The molecule has 0 spiro atoms. The van der Waals surface area contributed by atoms with Crippen LogP contribution in [-0.4, -0.2) is 34.3 Å². The van der Waals surface area contributed by atoms with Crippen molar-refractivity contribution in [1.82, 2.24) is 25.2 Å². The summed E-state index contributed by atoms with van der Waals surface area (Å²) in [6.07, 6.45) is 5.46. The molecule has 0 unspecified atom stereocenters. The Morgan fingerprint density at radius 3 is 2.72 bits per heavy atom. The predicted molar refractivity (Wildman–Crippen MR) is 121 cm³/mol. The number of aliphatic imine (C=N–C) groups is 1. The van der Waals surface area contributed by atoms with Crippen molar-refractivity contribution in [1.29, 1.82) is 0 Å². The van der Waals surface area contributed by atoms with Crippen LogP contribution >= 0.6 is 24.0 Å². The lowest BCUT2D eigenvalue weighted by atomic mass is 10.2. The molecule has 2 aromatic heterocycles. The van der Waals surface area contributed by atoms with E-state index in [0.29, 0.717) is 19.0 Å². The zero-order valence-electron chi connectivity index (χ0n) is 16.3. The zero-order valence-corrected chi connectivity index (χ0v) is 18.6. The summed E-state index contributed by atoms with van der Waals surface area (Å²) >= 11 is 0. The molecule has 0 atom stereocenters. The molecule has 3 heterocycles. The van der Waals surface area contributed by atoms with Gasteiger partial charge in [-0.05, 0) is 30.7 Å². The standard InChI is InChI=1S/C20H22N6O2.HI/c1-14-22-8-9-26(14)19-16(4-3-7-23-19)12-25-20(21-2)24-11-15-5-6-17-18(10-15)28-13-27-17;/h3-10H,11-13H2,1-2H3,(H2,21,24,25);1H. The van der Waals surface area contributed by atoms with Crippen molar-refractivity contribution in [3.05, 3.63) is 65.9 Å². The van der Waals surface area contributed by atoms with Gasteiger partial charge in [0.25, 0.3) is 0 Å². The Hall–Kier alpha value is -2.82. The Balaban J connectivity index is 0.00000240.